The molecule has 1 saturated carbocycles. The summed E-state index contributed by atoms with van der Waals surface area (Å²) in [6, 6.07) is 0. The van der Waals surface area contributed by atoms with Gasteiger partial charge in [-0.05, 0) is 85.5 Å². The van der Waals surface area contributed by atoms with Crippen LogP contribution in [0.3, 0.4) is 0 Å². The zero-order valence-corrected chi connectivity index (χ0v) is 19.5. The molecule has 1 fully saturated rings. The Balaban J connectivity index is 2.51. The topological polar surface area (TPSA) is 56.8 Å². The lowest BCUT2D eigenvalue weighted by Gasteiger charge is -2.38. The Hall–Kier alpha value is -0.650. The highest BCUT2D eigenvalue weighted by molar-refractivity contribution is 5.78. The minimum atomic E-state index is -1.06. The van der Waals surface area contributed by atoms with E-state index in [9.17, 15) is 4.79 Å². The van der Waals surface area contributed by atoms with Crippen molar-refractivity contribution in [2.75, 3.05) is 6.54 Å². The summed E-state index contributed by atoms with van der Waals surface area (Å²) in [6.07, 6.45) is 5.68. The third-order valence-corrected chi connectivity index (χ3v) is 5.29. The molecule has 5 heteroatoms. The predicted molar refractivity (Wildman–Crippen MR) is 114 cm³/mol. The van der Waals surface area contributed by atoms with E-state index in [1.54, 1.807) is 0 Å². The lowest BCUT2D eigenvalue weighted by Crippen LogP contribution is -2.45. The number of carbonyl (C=O) groups is 1. The highest BCUT2D eigenvalue weighted by atomic mass is 16.9. The summed E-state index contributed by atoms with van der Waals surface area (Å²) in [6.45, 7) is 17.1. The molecule has 5 nitrogen and oxygen atoms in total. The van der Waals surface area contributed by atoms with E-state index < -0.39 is 5.97 Å². The van der Waals surface area contributed by atoms with Crippen LogP contribution in [0, 0.1) is 17.8 Å². The first-order valence-electron chi connectivity index (χ1n) is 11.4. The van der Waals surface area contributed by atoms with Gasteiger partial charge in [0, 0.05) is 18.9 Å². The SMILES string of the molecule is CC(C)OC(CCCNC(=O)C1CCC(C(C)C)CC1)(OC(C)C)OC(C)C. The third kappa shape index (κ3) is 9.23. The van der Waals surface area contributed by atoms with Crippen LogP contribution in [0.25, 0.3) is 0 Å². The van der Waals surface area contributed by atoms with Crippen molar-refractivity contribution in [3.63, 3.8) is 0 Å². The molecule has 0 atom stereocenters. The summed E-state index contributed by atoms with van der Waals surface area (Å²) < 4.78 is 18.2. The van der Waals surface area contributed by atoms with Crippen molar-refractivity contribution in [3.8, 4) is 0 Å². The first-order chi connectivity index (χ1) is 13.0. The lowest BCUT2D eigenvalue weighted by atomic mass is 9.77. The molecule has 28 heavy (non-hydrogen) atoms. The molecule has 0 heterocycles. The second kappa shape index (κ2) is 12.1. The second-order valence-corrected chi connectivity index (χ2v) is 9.43. The minimum Gasteiger partial charge on any atom is -0.356 e. The van der Waals surface area contributed by atoms with Gasteiger partial charge in [-0.25, -0.2) is 0 Å². The normalized spacial score (nSPS) is 21.1. The van der Waals surface area contributed by atoms with Gasteiger partial charge in [0.1, 0.15) is 0 Å². The molecule has 0 radical (unpaired) electrons. The average molecular weight is 400 g/mol. The van der Waals surface area contributed by atoms with Gasteiger partial charge in [0.15, 0.2) is 0 Å². The summed E-state index contributed by atoms with van der Waals surface area (Å²) in [7, 11) is 0. The van der Waals surface area contributed by atoms with Gasteiger partial charge in [0.2, 0.25) is 5.91 Å². The van der Waals surface area contributed by atoms with E-state index in [0.717, 1.165) is 31.1 Å². The first kappa shape index (κ1) is 25.4. The van der Waals surface area contributed by atoms with Crippen molar-refractivity contribution in [2.45, 2.75) is 118 Å². The lowest BCUT2D eigenvalue weighted by molar-refractivity contribution is -0.412. The molecule has 0 saturated heterocycles. The summed E-state index contributed by atoms with van der Waals surface area (Å²) in [5.74, 6) is 0.813. The van der Waals surface area contributed by atoms with Crippen LogP contribution in [0.4, 0.5) is 0 Å². The number of hydrogen-bond acceptors (Lipinski definition) is 4. The summed E-state index contributed by atoms with van der Waals surface area (Å²) >= 11 is 0. The van der Waals surface area contributed by atoms with Crippen molar-refractivity contribution in [1.29, 1.82) is 0 Å². The van der Waals surface area contributed by atoms with Crippen LogP contribution >= 0.6 is 0 Å². The first-order valence-corrected chi connectivity index (χ1v) is 11.4. The molecule has 1 N–H and O–H groups in total. The van der Waals surface area contributed by atoms with Crippen LogP contribution in [0.5, 0.6) is 0 Å². The highest BCUT2D eigenvalue weighted by Crippen LogP contribution is 2.33. The number of rotatable bonds is 12. The maximum Gasteiger partial charge on any atom is 0.283 e. The maximum atomic E-state index is 12.5. The average Bonchev–Trinajstić information content (AvgIpc) is 2.56. The number of amides is 1. The Kier molecular flexibility index (Phi) is 11.0. The molecule has 1 rings (SSSR count). The quantitative estimate of drug-likeness (QED) is 0.358. The van der Waals surface area contributed by atoms with E-state index in [-0.39, 0.29) is 30.1 Å². The van der Waals surface area contributed by atoms with E-state index in [2.05, 4.69) is 19.2 Å². The Bertz CT molecular complexity index is 413. The molecule has 1 amide bonds. The molecule has 166 valence electrons. The van der Waals surface area contributed by atoms with Crippen LogP contribution in [-0.4, -0.2) is 36.7 Å². The zero-order valence-electron chi connectivity index (χ0n) is 19.5. The fourth-order valence-electron chi connectivity index (χ4n) is 4.05. The van der Waals surface area contributed by atoms with E-state index in [4.69, 9.17) is 14.2 Å². The molecule has 1 aliphatic carbocycles. The van der Waals surface area contributed by atoms with Gasteiger partial charge in [0.25, 0.3) is 5.97 Å². The molecule has 0 aromatic carbocycles. The Morgan fingerprint density at radius 3 is 1.71 bits per heavy atom. The Labute approximate surface area is 173 Å². The predicted octanol–water partition coefficient (Wildman–Crippen LogP) is 5.27. The molecule has 0 aromatic heterocycles. The standard InChI is InChI=1S/C23H45NO4/c1-16(2)20-10-12-21(13-11-20)22(25)24-15-9-14-23(26-17(3)4,27-18(5)6)28-19(7)8/h16-21H,9-15H2,1-8H3,(H,24,25). The smallest absolute Gasteiger partial charge is 0.283 e. The third-order valence-electron chi connectivity index (χ3n) is 5.29. The molecular formula is C23H45NO4. The fourth-order valence-corrected chi connectivity index (χ4v) is 4.05. The molecule has 0 spiro atoms. The summed E-state index contributed by atoms with van der Waals surface area (Å²) in [4.78, 5) is 12.5. The van der Waals surface area contributed by atoms with Crippen LogP contribution in [-0.2, 0) is 19.0 Å². The van der Waals surface area contributed by atoms with Gasteiger partial charge in [-0.1, -0.05) is 13.8 Å². The summed E-state index contributed by atoms with van der Waals surface area (Å²) in [5, 5.41) is 3.12. The molecule has 1 aliphatic rings. The monoisotopic (exact) mass is 399 g/mol. The van der Waals surface area contributed by atoms with E-state index in [0.29, 0.717) is 13.0 Å². The van der Waals surface area contributed by atoms with Crippen molar-refractivity contribution < 1.29 is 19.0 Å². The van der Waals surface area contributed by atoms with Gasteiger partial charge < -0.3 is 19.5 Å². The van der Waals surface area contributed by atoms with Gasteiger partial charge in [-0.15, -0.1) is 0 Å². The minimum absolute atomic E-state index is 0.0109. The maximum absolute atomic E-state index is 12.5. The van der Waals surface area contributed by atoms with Crippen LogP contribution in [0.1, 0.15) is 93.9 Å². The van der Waals surface area contributed by atoms with Crippen molar-refractivity contribution >= 4 is 5.91 Å². The largest absolute Gasteiger partial charge is 0.356 e. The number of hydrogen-bond donors (Lipinski definition) is 1. The number of nitrogens with one attached hydrogen (secondary N) is 1. The van der Waals surface area contributed by atoms with Crippen molar-refractivity contribution in [3.05, 3.63) is 0 Å². The second-order valence-electron chi connectivity index (χ2n) is 9.43. The van der Waals surface area contributed by atoms with Crippen molar-refractivity contribution in [2.24, 2.45) is 17.8 Å². The summed E-state index contributed by atoms with van der Waals surface area (Å²) in [5.41, 5.74) is 0. The van der Waals surface area contributed by atoms with Crippen LogP contribution in [0.2, 0.25) is 0 Å². The van der Waals surface area contributed by atoms with Gasteiger partial charge in [0.05, 0.1) is 18.3 Å². The molecule has 0 aromatic rings. The molecule has 0 unspecified atom stereocenters. The molecular weight excluding hydrogens is 354 g/mol. The Morgan fingerprint density at radius 2 is 1.32 bits per heavy atom. The van der Waals surface area contributed by atoms with Gasteiger partial charge in [-0.3, -0.25) is 4.79 Å². The van der Waals surface area contributed by atoms with Crippen molar-refractivity contribution in [1.82, 2.24) is 5.32 Å². The number of ether oxygens (including phenoxy) is 3. The van der Waals surface area contributed by atoms with E-state index in [1.807, 2.05) is 41.5 Å². The van der Waals surface area contributed by atoms with Gasteiger partial charge in [-0.2, -0.15) is 0 Å². The molecule has 0 aliphatic heterocycles. The fraction of sp³-hybridized carbons (Fsp3) is 0.957. The number of carbonyl (C=O) groups excluding carboxylic acids is 1. The van der Waals surface area contributed by atoms with E-state index in [1.165, 1.54) is 12.8 Å². The Morgan fingerprint density at radius 1 is 0.857 bits per heavy atom. The zero-order chi connectivity index (χ0) is 21.3. The van der Waals surface area contributed by atoms with Crippen LogP contribution < -0.4 is 5.32 Å². The molecule has 0 bridgehead atoms. The highest BCUT2D eigenvalue weighted by Gasteiger charge is 2.36. The van der Waals surface area contributed by atoms with Gasteiger partial charge >= 0.3 is 0 Å². The van der Waals surface area contributed by atoms with Crippen LogP contribution in [0.15, 0.2) is 0 Å². The van der Waals surface area contributed by atoms with E-state index >= 15 is 0 Å².